The Balaban J connectivity index is 1.80. The fourth-order valence-corrected chi connectivity index (χ4v) is 5.65. The van der Waals surface area contributed by atoms with Gasteiger partial charge in [-0.05, 0) is 71.2 Å². The van der Waals surface area contributed by atoms with Crippen LogP contribution in [0, 0.1) is 0 Å². The number of anilines is 1. The lowest BCUT2D eigenvalue weighted by atomic mass is 9.96. The van der Waals surface area contributed by atoms with E-state index in [0.717, 1.165) is 36.6 Å². The van der Waals surface area contributed by atoms with E-state index in [2.05, 4.69) is 41.9 Å². The predicted octanol–water partition coefficient (Wildman–Crippen LogP) is 5.07. The normalized spacial score (nSPS) is 15.5. The largest absolute Gasteiger partial charge is 0.322 e. The number of nitrogens with one attached hydrogen (secondary N) is 2. The van der Waals surface area contributed by atoms with Crippen LogP contribution in [0.2, 0.25) is 0 Å². The van der Waals surface area contributed by atoms with Gasteiger partial charge in [-0.3, -0.25) is 4.79 Å². The summed E-state index contributed by atoms with van der Waals surface area (Å²) < 4.78 is 29.8. The minimum Gasteiger partial charge on any atom is -0.322 e. The zero-order valence-corrected chi connectivity index (χ0v) is 18.5. The van der Waals surface area contributed by atoms with Gasteiger partial charge in [-0.15, -0.1) is 0 Å². The molecule has 5 nitrogen and oxygen atoms in total. The van der Waals surface area contributed by atoms with Crippen LogP contribution in [-0.2, 0) is 10.0 Å². The average Bonchev–Trinajstić information content (AvgIpc) is 2.64. The molecule has 0 atom stereocenters. The van der Waals surface area contributed by atoms with Gasteiger partial charge in [0.1, 0.15) is 0 Å². The van der Waals surface area contributed by atoms with Crippen molar-refractivity contribution in [2.45, 2.75) is 43.0 Å². The number of rotatable bonds is 5. The molecule has 144 valence electrons. The van der Waals surface area contributed by atoms with Gasteiger partial charge in [0, 0.05) is 26.2 Å². The topological polar surface area (TPSA) is 75.3 Å². The summed E-state index contributed by atoms with van der Waals surface area (Å²) >= 11 is 6.64. The van der Waals surface area contributed by atoms with Crippen LogP contribution in [0.25, 0.3) is 0 Å². The van der Waals surface area contributed by atoms with Crippen molar-refractivity contribution in [3.8, 4) is 0 Å². The number of carbonyl (C=O) groups excluding carboxylic acids is 1. The molecule has 1 aliphatic carbocycles. The van der Waals surface area contributed by atoms with Gasteiger partial charge in [-0.2, -0.15) is 0 Å². The van der Waals surface area contributed by atoms with E-state index in [1.54, 1.807) is 24.3 Å². The first-order chi connectivity index (χ1) is 12.8. The molecule has 3 rings (SSSR count). The number of hydrogen-bond donors (Lipinski definition) is 2. The van der Waals surface area contributed by atoms with E-state index in [-0.39, 0.29) is 22.4 Å². The van der Waals surface area contributed by atoms with Crippen LogP contribution in [0.1, 0.15) is 42.5 Å². The number of halogens is 2. The maximum absolute atomic E-state index is 12.8. The van der Waals surface area contributed by atoms with Crippen LogP contribution < -0.4 is 10.0 Å². The number of sulfonamides is 1. The third-order valence-corrected chi connectivity index (χ3v) is 7.56. The quantitative estimate of drug-likeness (QED) is 0.583. The molecule has 2 aromatic rings. The van der Waals surface area contributed by atoms with E-state index in [9.17, 15) is 13.2 Å². The number of hydrogen-bond acceptors (Lipinski definition) is 3. The minimum absolute atomic E-state index is 0.0455. The number of carbonyl (C=O) groups is 1. The van der Waals surface area contributed by atoms with Crippen molar-refractivity contribution in [2.75, 3.05) is 5.32 Å². The molecule has 1 amide bonds. The molecular formula is C19H20Br2N2O3S. The van der Waals surface area contributed by atoms with Gasteiger partial charge >= 0.3 is 0 Å². The second-order valence-corrected chi connectivity index (χ2v) is 10.0. The highest BCUT2D eigenvalue weighted by molar-refractivity contribution is 9.10. The van der Waals surface area contributed by atoms with Gasteiger partial charge in [0.15, 0.2) is 0 Å². The van der Waals surface area contributed by atoms with Crippen molar-refractivity contribution < 1.29 is 13.2 Å². The monoisotopic (exact) mass is 514 g/mol. The van der Waals surface area contributed by atoms with Crippen LogP contribution in [0.3, 0.4) is 0 Å². The first-order valence-corrected chi connectivity index (χ1v) is 11.8. The van der Waals surface area contributed by atoms with Crippen molar-refractivity contribution >= 4 is 53.5 Å². The third kappa shape index (κ3) is 5.40. The Morgan fingerprint density at radius 3 is 2.30 bits per heavy atom. The summed E-state index contributed by atoms with van der Waals surface area (Å²) in [5.74, 6) is -0.362. The molecule has 1 aliphatic rings. The summed E-state index contributed by atoms with van der Waals surface area (Å²) in [6, 6.07) is 11.7. The third-order valence-electron chi connectivity index (χ3n) is 4.51. The number of benzene rings is 2. The molecule has 0 aliphatic heterocycles. The summed E-state index contributed by atoms with van der Waals surface area (Å²) in [5, 5.41) is 2.77. The molecule has 2 aromatic carbocycles. The van der Waals surface area contributed by atoms with Gasteiger partial charge < -0.3 is 5.32 Å². The average molecular weight is 516 g/mol. The standard InChI is InChI=1S/C19H20Br2N2O3S/c20-14-7-9-15(10-8-14)22-19(24)13-6-11-17(21)18(12-13)27(25,26)23-16-4-2-1-3-5-16/h6-12,16,23H,1-5H2,(H,22,24). The zero-order valence-electron chi connectivity index (χ0n) is 14.5. The van der Waals surface area contributed by atoms with Crippen LogP contribution >= 0.6 is 31.9 Å². The van der Waals surface area contributed by atoms with Crippen LogP contribution in [-0.4, -0.2) is 20.4 Å². The van der Waals surface area contributed by atoms with Crippen molar-refractivity contribution in [1.82, 2.24) is 4.72 Å². The lowest BCUT2D eigenvalue weighted by molar-refractivity contribution is 0.102. The van der Waals surface area contributed by atoms with Gasteiger partial charge in [-0.25, -0.2) is 13.1 Å². The van der Waals surface area contributed by atoms with Crippen molar-refractivity contribution in [3.05, 3.63) is 57.0 Å². The van der Waals surface area contributed by atoms with Crippen molar-refractivity contribution in [1.29, 1.82) is 0 Å². The predicted molar refractivity (Wildman–Crippen MR) is 113 cm³/mol. The SMILES string of the molecule is O=C(Nc1ccc(Br)cc1)c1ccc(Br)c(S(=O)(=O)NC2CCCCC2)c1. The van der Waals surface area contributed by atoms with Crippen LogP contribution in [0.15, 0.2) is 56.3 Å². The van der Waals surface area contributed by atoms with E-state index in [4.69, 9.17) is 0 Å². The Bertz CT molecular complexity index is 924. The van der Waals surface area contributed by atoms with Crippen LogP contribution in [0.4, 0.5) is 5.69 Å². The molecule has 0 saturated heterocycles. The molecule has 0 aromatic heterocycles. The fourth-order valence-electron chi connectivity index (χ4n) is 3.09. The highest BCUT2D eigenvalue weighted by Gasteiger charge is 2.24. The smallest absolute Gasteiger partial charge is 0.255 e. The van der Waals surface area contributed by atoms with Gasteiger partial charge in [0.05, 0.1) is 4.90 Å². The molecule has 0 bridgehead atoms. The first kappa shape index (κ1) is 20.5. The van der Waals surface area contributed by atoms with Gasteiger partial charge in [0.25, 0.3) is 5.91 Å². The van der Waals surface area contributed by atoms with Gasteiger partial charge in [-0.1, -0.05) is 35.2 Å². The first-order valence-electron chi connectivity index (χ1n) is 8.74. The summed E-state index contributed by atoms with van der Waals surface area (Å²) in [6.45, 7) is 0. The van der Waals surface area contributed by atoms with E-state index in [1.165, 1.54) is 6.07 Å². The Hall–Kier alpha value is -1.22. The second kappa shape index (κ2) is 8.86. The molecule has 0 heterocycles. The molecule has 1 fully saturated rings. The zero-order chi connectivity index (χ0) is 19.4. The summed E-state index contributed by atoms with van der Waals surface area (Å²) in [5.41, 5.74) is 0.918. The maximum Gasteiger partial charge on any atom is 0.255 e. The Morgan fingerprint density at radius 1 is 0.963 bits per heavy atom. The molecule has 0 radical (unpaired) electrons. The molecule has 1 saturated carbocycles. The number of amides is 1. The van der Waals surface area contributed by atoms with E-state index in [1.807, 2.05) is 12.1 Å². The highest BCUT2D eigenvalue weighted by Crippen LogP contribution is 2.26. The van der Waals surface area contributed by atoms with Gasteiger partial charge in [0.2, 0.25) is 10.0 Å². The summed E-state index contributed by atoms with van der Waals surface area (Å²) in [4.78, 5) is 12.6. The lowest BCUT2D eigenvalue weighted by Crippen LogP contribution is -2.36. The highest BCUT2D eigenvalue weighted by atomic mass is 79.9. The molecule has 0 spiro atoms. The fraction of sp³-hybridized carbons (Fsp3) is 0.316. The van der Waals surface area contributed by atoms with Crippen molar-refractivity contribution in [2.24, 2.45) is 0 Å². The molecule has 2 N–H and O–H groups in total. The van der Waals surface area contributed by atoms with E-state index in [0.29, 0.717) is 10.2 Å². The molecule has 8 heteroatoms. The summed E-state index contributed by atoms with van der Waals surface area (Å²) in [6.07, 6.45) is 4.91. The Kier molecular flexibility index (Phi) is 6.73. The maximum atomic E-state index is 12.8. The second-order valence-electron chi connectivity index (χ2n) is 6.56. The lowest BCUT2D eigenvalue weighted by Gasteiger charge is -2.23. The van der Waals surface area contributed by atoms with E-state index < -0.39 is 10.0 Å². The summed E-state index contributed by atoms with van der Waals surface area (Å²) in [7, 11) is -3.71. The molecule has 27 heavy (non-hydrogen) atoms. The van der Waals surface area contributed by atoms with Crippen molar-refractivity contribution in [3.63, 3.8) is 0 Å². The van der Waals surface area contributed by atoms with E-state index >= 15 is 0 Å². The molecule has 0 unspecified atom stereocenters. The Morgan fingerprint density at radius 2 is 1.63 bits per heavy atom. The molecular weight excluding hydrogens is 496 g/mol. The minimum atomic E-state index is -3.71. The Labute approximate surface area is 176 Å². The van der Waals surface area contributed by atoms with Crippen LogP contribution in [0.5, 0.6) is 0 Å².